The molecule has 90 valence electrons. The average Bonchev–Trinajstić information content (AvgIpc) is 2.38. The molecule has 2 aromatic rings. The number of para-hydroxylation sites is 1. The third-order valence-corrected chi connectivity index (χ3v) is 2.68. The van der Waals surface area contributed by atoms with Crippen molar-refractivity contribution in [3.8, 4) is 0 Å². The Kier molecular flexibility index (Phi) is 3.49. The van der Waals surface area contributed by atoms with Crippen molar-refractivity contribution in [2.24, 2.45) is 11.7 Å². The van der Waals surface area contributed by atoms with Crippen LogP contribution in [-0.4, -0.2) is 35.3 Å². The molecule has 17 heavy (non-hydrogen) atoms. The minimum absolute atomic E-state index is 0.412. The first kappa shape index (κ1) is 11.7. The quantitative estimate of drug-likeness (QED) is 0.852. The van der Waals surface area contributed by atoms with Gasteiger partial charge in [0.15, 0.2) is 0 Å². The van der Waals surface area contributed by atoms with E-state index in [4.69, 9.17) is 5.73 Å². The monoisotopic (exact) mass is 231 g/mol. The maximum absolute atomic E-state index is 5.61. The van der Waals surface area contributed by atoms with Crippen molar-refractivity contribution < 1.29 is 0 Å². The van der Waals surface area contributed by atoms with Crippen LogP contribution >= 0.6 is 0 Å². The van der Waals surface area contributed by atoms with Gasteiger partial charge in [-0.05, 0) is 24.6 Å². The first-order valence-corrected chi connectivity index (χ1v) is 5.71. The van der Waals surface area contributed by atoms with Gasteiger partial charge in [0, 0.05) is 13.6 Å². The fourth-order valence-corrected chi connectivity index (χ4v) is 1.66. The highest BCUT2D eigenvalue weighted by Gasteiger charge is 2.09. The molecule has 0 saturated carbocycles. The van der Waals surface area contributed by atoms with Gasteiger partial charge in [0.2, 0.25) is 5.95 Å². The lowest BCUT2D eigenvalue weighted by Gasteiger charge is -2.19. The van der Waals surface area contributed by atoms with Gasteiger partial charge in [-0.1, -0.05) is 19.1 Å². The van der Waals surface area contributed by atoms with Crippen LogP contribution < -0.4 is 10.6 Å². The SMILES string of the molecule is CC(CN)CN(C)c1nnc2ccccc2n1. The summed E-state index contributed by atoms with van der Waals surface area (Å²) < 4.78 is 0. The van der Waals surface area contributed by atoms with Gasteiger partial charge in [0.05, 0.1) is 5.52 Å². The van der Waals surface area contributed by atoms with Crippen molar-refractivity contribution in [3.05, 3.63) is 24.3 Å². The Balaban J connectivity index is 2.23. The van der Waals surface area contributed by atoms with Crippen molar-refractivity contribution >= 4 is 17.0 Å². The van der Waals surface area contributed by atoms with Gasteiger partial charge in [-0.3, -0.25) is 0 Å². The number of rotatable bonds is 4. The first-order valence-electron chi connectivity index (χ1n) is 5.71. The van der Waals surface area contributed by atoms with E-state index in [1.165, 1.54) is 0 Å². The summed E-state index contributed by atoms with van der Waals surface area (Å²) in [6.07, 6.45) is 0. The predicted octanol–water partition coefficient (Wildman–Crippen LogP) is 1.06. The molecule has 1 aromatic carbocycles. The van der Waals surface area contributed by atoms with Crippen LogP contribution in [0.15, 0.2) is 24.3 Å². The highest BCUT2D eigenvalue weighted by molar-refractivity contribution is 5.74. The van der Waals surface area contributed by atoms with Crippen molar-refractivity contribution in [1.29, 1.82) is 0 Å². The first-order chi connectivity index (χ1) is 8.20. The number of nitrogens with two attached hydrogens (primary N) is 1. The molecule has 0 aliphatic heterocycles. The largest absolute Gasteiger partial charge is 0.342 e. The molecule has 0 aliphatic carbocycles. The van der Waals surface area contributed by atoms with E-state index in [9.17, 15) is 0 Å². The summed E-state index contributed by atoms with van der Waals surface area (Å²) in [5.74, 6) is 1.05. The number of anilines is 1. The third kappa shape index (κ3) is 2.68. The highest BCUT2D eigenvalue weighted by atomic mass is 15.3. The topological polar surface area (TPSA) is 67.9 Å². The van der Waals surface area contributed by atoms with Crippen LogP contribution in [0.5, 0.6) is 0 Å². The molecular formula is C12H17N5. The normalized spacial score (nSPS) is 12.6. The van der Waals surface area contributed by atoms with Crippen LogP contribution in [0.1, 0.15) is 6.92 Å². The van der Waals surface area contributed by atoms with Gasteiger partial charge in [-0.2, -0.15) is 0 Å². The Morgan fingerprint density at radius 2 is 1.94 bits per heavy atom. The molecule has 0 saturated heterocycles. The minimum Gasteiger partial charge on any atom is -0.342 e. The summed E-state index contributed by atoms with van der Waals surface area (Å²) in [6.45, 7) is 3.59. The van der Waals surface area contributed by atoms with E-state index in [1.807, 2.05) is 36.2 Å². The molecule has 0 aliphatic rings. The number of nitrogens with zero attached hydrogens (tertiary/aromatic N) is 4. The van der Waals surface area contributed by atoms with E-state index in [-0.39, 0.29) is 0 Å². The van der Waals surface area contributed by atoms with Crippen molar-refractivity contribution in [1.82, 2.24) is 15.2 Å². The molecule has 0 radical (unpaired) electrons. The van der Waals surface area contributed by atoms with Gasteiger partial charge in [-0.25, -0.2) is 4.98 Å². The molecule has 1 atom stereocenters. The highest BCUT2D eigenvalue weighted by Crippen LogP contribution is 2.12. The van der Waals surface area contributed by atoms with Crippen LogP contribution in [0.2, 0.25) is 0 Å². The molecule has 0 spiro atoms. The maximum atomic E-state index is 5.61. The van der Waals surface area contributed by atoms with Gasteiger partial charge in [0.1, 0.15) is 5.52 Å². The molecule has 1 aromatic heterocycles. The molecule has 1 unspecified atom stereocenters. The second-order valence-corrected chi connectivity index (χ2v) is 4.32. The van der Waals surface area contributed by atoms with Crippen LogP contribution in [-0.2, 0) is 0 Å². The lowest BCUT2D eigenvalue weighted by Crippen LogP contribution is -2.29. The number of hydrogen-bond acceptors (Lipinski definition) is 5. The van der Waals surface area contributed by atoms with E-state index in [2.05, 4.69) is 22.1 Å². The van der Waals surface area contributed by atoms with E-state index in [0.717, 1.165) is 17.6 Å². The van der Waals surface area contributed by atoms with Crippen LogP contribution in [0.25, 0.3) is 11.0 Å². The zero-order chi connectivity index (χ0) is 12.3. The van der Waals surface area contributed by atoms with Crippen LogP contribution in [0.3, 0.4) is 0 Å². The van der Waals surface area contributed by atoms with Gasteiger partial charge in [0.25, 0.3) is 0 Å². The summed E-state index contributed by atoms with van der Waals surface area (Å²) in [4.78, 5) is 6.46. The summed E-state index contributed by atoms with van der Waals surface area (Å²) in [5.41, 5.74) is 7.29. The molecule has 5 heteroatoms. The Bertz CT molecular complexity index is 499. The van der Waals surface area contributed by atoms with Crippen molar-refractivity contribution in [3.63, 3.8) is 0 Å². The maximum Gasteiger partial charge on any atom is 0.245 e. The van der Waals surface area contributed by atoms with Crippen molar-refractivity contribution in [2.45, 2.75) is 6.92 Å². The molecule has 2 rings (SSSR count). The lowest BCUT2D eigenvalue weighted by molar-refractivity contribution is 0.583. The van der Waals surface area contributed by atoms with E-state index in [0.29, 0.717) is 18.4 Å². The fourth-order valence-electron chi connectivity index (χ4n) is 1.66. The van der Waals surface area contributed by atoms with E-state index < -0.39 is 0 Å². The standard InChI is InChI=1S/C12H17N5/c1-9(7-13)8-17(2)12-14-10-5-3-4-6-11(10)15-16-12/h3-6,9H,7-8,13H2,1-2H3. The fraction of sp³-hybridized carbons (Fsp3) is 0.417. The molecule has 2 N–H and O–H groups in total. The Morgan fingerprint density at radius 1 is 1.24 bits per heavy atom. The average molecular weight is 231 g/mol. The lowest BCUT2D eigenvalue weighted by atomic mass is 10.2. The predicted molar refractivity (Wildman–Crippen MR) is 68.8 cm³/mol. The Hall–Kier alpha value is -1.75. The third-order valence-electron chi connectivity index (χ3n) is 2.68. The Morgan fingerprint density at radius 3 is 2.65 bits per heavy atom. The smallest absolute Gasteiger partial charge is 0.245 e. The zero-order valence-electron chi connectivity index (χ0n) is 10.2. The second-order valence-electron chi connectivity index (χ2n) is 4.32. The number of fused-ring (bicyclic) bond motifs is 1. The molecule has 0 fully saturated rings. The molecular weight excluding hydrogens is 214 g/mol. The number of aromatic nitrogens is 3. The van der Waals surface area contributed by atoms with E-state index in [1.54, 1.807) is 0 Å². The van der Waals surface area contributed by atoms with Gasteiger partial charge < -0.3 is 10.6 Å². The van der Waals surface area contributed by atoms with Crippen LogP contribution in [0.4, 0.5) is 5.95 Å². The zero-order valence-corrected chi connectivity index (χ0v) is 10.2. The Labute approximate surface area is 101 Å². The molecule has 1 heterocycles. The summed E-state index contributed by atoms with van der Waals surface area (Å²) in [7, 11) is 1.96. The minimum atomic E-state index is 0.412. The number of hydrogen-bond donors (Lipinski definition) is 1. The summed E-state index contributed by atoms with van der Waals surface area (Å²) >= 11 is 0. The van der Waals surface area contributed by atoms with Gasteiger partial charge in [-0.15, -0.1) is 10.2 Å². The summed E-state index contributed by atoms with van der Waals surface area (Å²) in [6, 6.07) is 7.72. The number of benzene rings is 1. The summed E-state index contributed by atoms with van der Waals surface area (Å²) in [5, 5.41) is 8.27. The molecule has 5 nitrogen and oxygen atoms in total. The van der Waals surface area contributed by atoms with Gasteiger partial charge >= 0.3 is 0 Å². The second kappa shape index (κ2) is 5.05. The van der Waals surface area contributed by atoms with E-state index >= 15 is 0 Å². The van der Waals surface area contributed by atoms with Crippen LogP contribution in [0, 0.1) is 5.92 Å². The molecule has 0 bridgehead atoms. The molecule has 0 amide bonds. The van der Waals surface area contributed by atoms with Crippen molar-refractivity contribution in [2.75, 3.05) is 25.0 Å².